The molecule has 2 unspecified atom stereocenters. The van der Waals surface area contributed by atoms with Crippen molar-refractivity contribution in [3.8, 4) is 0 Å². The van der Waals surface area contributed by atoms with Crippen molar-refractivity contribution in [1.82, 2.24) is 9.78 Å². The summed E-state index contributed by atoms with van der Waals surface area (Å²) >= 11 is 0. The van der Waals surface area contributed by atoms with Gasteiger partial charge in [-0.1, -0.05) is 12.8 Å². The van der Waals surface area contributed by atoms with Crippen molar-refractivity contribution in [3.63, 3.8) is 0 Å². The smallest absolute Gasteiger partial charge is 0.144 e. The Morgan fingerprint density at radius 1 is 1.42 bits per heavy atom. The summed E-state index contributed by atoms with van der Waals surface area (Å²) in [7, 11) is 0. The van der Waals surface area contributed by atoms with Gasteiger partial charge in [0.05, 0.1) is 24.3 Å². The van der Waals surface area contributed by atoms with Gasteiger partial charge >= 0.3 is 0 Å². The fourth-order valence-corrected chi connectivity index (χ4v) is 3.31. The summed E-state index contributed by atoms with van der Waals surface area (Å²) in [5.74, 6) is 0.346. The number of Topliss-reactive ketones (excluding diaryl/α,β-unsaturated/α-hetero) is 1. The van der Waals surface area contributed by atoms with E-state index in [1.54, 1.807) is 0 Å². The van der Waals surface area contributed by atoms with Crippen molar-refractivity contribution in [2.24, 2.45) is 5.92 Å². The first kappa shape index (κ1) is 12.9. The SMILES string of the molecule is CC1OCCC1C(=O)Cc1ccn(C2CCCC2)n1. The van der Waals surface area contributed by atoms with Gasteiger partial charge in [-0.3, -0.25) is 9.48 Å². The van der Waals surface area contributed by atoms with Gasteiger partial charge in [0.15, 0.2) is 0 Å². The van der Waals surface area contributed by atoms with Crippen molar-refractivity contribution in [3.05, 3.63) is 18.0 Å². The zero-order valence-corrected chi connectivity index (χ0v) is 11.5. The van der Waals surface area contributed by atoms with E-state index in [9.17, 15) is 4.79 Å². The largest absolute Gasteiger partial charge is 0.378 e. The normalized spacial score (nSPS) is 28.1. The van der Waals surface area contributed by atoms with Crippen LogP contribution in [0.3, 0.4) is 0 Å². The maximum absolute atomic E-state index is 12.2. The van der Waals surface area contributed by atoms with Crippen molar-refractivity contribution in [2.45, 2.75) is 57.6 Å². The molecule has 0 spiro atoms. The first-order valence-corrected chi connectivity index (χ1v) is 7.42. The van der Waals surface area contributed by atoms with Crippen LogP contribution in [0.5, 0.6) is 0 Å². The quantitative estimate of drug-likeness (QED) is 0.837. The number of aromatic nitrogens is 2. The van der Waals surface area contributed by atoms with E-state index in [0.717, 1.165) is 12.1 Å². The number of nitrogens with zero attached hydrogens (tertiary/aromatic N) is 2. The second-order valence-corrected chi connectivity index (χ2v) is 5.84. The first-order chi connectivity index (χ1) is 9.24. The molecule has 19 heavy (non-hydrogen) atoms. The topological polar surface area (TPSA) is 44.1 Å². The van der Waals surface area contributed by atoms with Crippen LogP contribution < -0.4 is 0 Å². The third-order valence-electron chi connectivity index (χ3n) is 4.51. The summed E-state index contributed by atoms with van der Waals surface area (Å²) in [5.41, 5.74) is 0.913. The van der Waals surface area contributed by atoms with Gasteiger partial charge < -0.3 is 4.74 Å². The molecule has 4 nitrogen and oxygen atoms in total. The first-order valence-electron chi connectivity index (χ1n) is 7.42. The average molecular weight is 262 g/mol. The molecule has 1 aliphatic carbocycles. The monoisotopic (exact) mass is 262 g/mol. The summed E-state index contributed by atoms with van der Waals surface area (Å²) in [6.45, 7) is 2.71. The number of ether oxygens (including phenoxy) is 1. The van der Waals surface area contributed by atoms with E-state index in [0.29, 0.717) is 19.1 Å². The highest BCUT2D eigenvalue weighted by molar-refractivity contribution is 5.83. The third kappa shape index (κ3) is 2.73. The van der Waals surface area contributed by atoms with Crippen LogP contribution in [0.4, 0.5) is 0 Å². The van der Waals surface area contributed by atoms with Crippen LogP contribution in [0.25, 0.3) is 0 Å². The summed E-state index contributed by atoms with van der Waals surface area (Å²) in [5, 5.41) is 4.58. The molecular weight excluding hydrogens is 240 g/mol. The molecule has 0 radical (unpaired) electrons. The van der Waals surface area contributed by atoms with E-state index in [2.05, 4.69) is 9.78 Å². The lowest BCUT2D eigenvalue weighted by Crippen LogP contribution is -2.23. The van der Waals surface area contributed by atoms with Crippen molar-refractivity contribution in [1.29, 1.82) is 0 Å². The van der Waals surface area contributed by atoms with Gasteiger partial charge in [0.1, 0.15) is 5.78 Å². The van der Waals surface area contributed by atoms with Crippen LogP contribution >= 0.6 is 0 Å². The second kappa shape index (κ2) is 5.45. The molecule has 2 fully saturated rings. The van der Waals surface area contributed by atoms with E-state index in [4.69, 9.17) is 4.74 Å². The molecule has 1 aromatic heterocycles. The number of ketones is 1. The Morgan fingerprint density at radius 3 is 2.89 bits per heavy atom. The molecule has 0 bridgehead atoms. The second-order valence-electron chi connectivity index (χ2n) is 5.84. The van der Waals surface area contributed by atoms with E-state index < -0.39 is 0 Å². The maximum Gasteiger partial charge on any atom is 0.144 e. The number of carbonyl (C=O) groups is 1. The highest BCUT2D eigenvalue weighted by atomic mass is 16.5. The van der Waals surface area contributed by atoms with Crippen LogP contribution in [0.15, 0.2) is 12.3 Å². The van der Waals surface area contributed by atoms with E-state index in [-0.39, 0.29) is 17.8 Å². The average Bonchev–Trinajstić information content (AvgIpc) is 3.07. The fraction of sp³-hybridized carbons (Fsp3) is 0.733. The lowest BCUT2D eigenvalue weighted by atomic mass is 9.94. The zero-order chi connectivity index (χ0) is 13.2. The van der Waals surface area contributed by atoms with Crippen molar-refractivity contribution in [2.75, 3.05) is 6.61 Å². The lowest BCUT2D eigenvalue weighted by molar-refractivity contribution is -0.123. The standard InChI is InChI=1S/C15H22N2O2/c1-11-14(7-9-19-11)15(18)10-12-6-8-17(16-12)13-4-2-3-5-13/h6,8,11,13-14H,2-5,7,9-10H2,1H3. The summed E-state index contributed by atoms with van der Waals surface area (Å²) < 4.78 is 7.52. The Bertz CT molecular complexity index is 449. The molecule has 2 heterocycles. The lowest BCUT2D eigenvalue weighted by Gasteiger charge is -2.12. The number of hydrogen-bond donors (Lipinski definition) is 0. The van der Waals surface area contributed by atoms with Gasteiger partial charge in [0.2, 0.25) is 0 Å². The molecular formula is C15H22N2O2. The van der Waals surface area contributed by atoms with Crippen LogP contribution in [0.1, 0.15) is 50.8 Å². The minimum atomic E-state index is 0.0663. The molecule has 1 saturated heterocycles. The third-order valence-corrected chi connectivity index (χ3v) is 4.51. The highest BCUT2D eigenvalue weighted by Crippen LogP contribution is 2.29. The van der Waals surface area contributed by atoms with Gasteiger partial charge in [-0.15, -0.1) is 0 Å². The van der Waals surface area contributed by atoms with Crippen LogP contribution in [-0.2, 0) is 16.0 Å². The molecule has 3 rings (SSSR count). The highest BCUT2D eigenvalue weighted by Gasteiger charge is 2.30. The Balaban J connectivity index is 1.61. The van der Waals surface area contributed by atoms with Gasteiger partial charge in [-0.25, -0.2) is 0 Å². The van der Waals surface area contributed by atoms with Gasteiger partial charge in [-0.2, -0.15) is 5.10 Å². The molecule has 104 valence electrons. The molecule has 1 saturated carbocycles. The predicted molar refractivity (Wildman–Crippen MR) is 72.0 cm³/mol. The fourth-order valence-electron chi connectivity index (χ4n) is 3.31. The minimum absolute atomic E-state index is 0.0663. The Hall–Kier alpha value is -1.16. The van der Waals surface area contributed by atoms with Gasteiger partial charge in [0.25, 0.3) is 0 Å². The Kier molecular flexibility index (Phi) is 3.69. The summed E-state index contributed by atoms with van der Waals surface area (Å²) in [4.78, 5) is 12.2. The molecule has 4 heteroatoms. The number of hydrogen-bond acceptors (Lipinski definition) is 3. The van der Waals surface area contributed by atoms with Crippen LogP contribution in [0, 0.1) is 5.92 Å². The molecule has 0 N–H and O–H groups in total. The summed E-state index contributed by atoms with van der Waals surface area (Å²) in [6.07, 6.45) is 8.48. The Morgan fingerprint density at radius 2 is 2.21 bits per heavy atom. The zero-order valence-electron chi connectivity index (χ0n) is 11.5. The molecule has 0 aromatic carbocycles. The molecule has 1 aliphatic heterocycles. The summed E-state index contributed by atoms with van der Waals surface area (Å²) in [6, 6.07) is 2.55. The molecule has 1 aromatic rings. The van der Waals surface area contributed by atoms with Gasteiger partial charge in [0, 0.05) is 18.7 Å². The van der Waals surface area contributed by atoms with Gasteiger partial charge in [-0.05, 0) is 32.3 Å². The van der Waals surface area contributed by atoms with Crippen LogP contribution in [0.2, 0.25) is 0 Å². The molecule has 2 aliphatic rings. The van der Waals surface area contributed by atoms with E-state index >= 15 is 0 Å². The number of rotatable bonds is 4. The molecule has 2 atom stereocenters. The minimum Gasteiger partial charge on any atom is -0.378 e. The number of carbonyl (C=O) groups excluding carboxylic acids is 1. The molecule has 0 amide bonds. The van der Waals surface area contributed by atoms with E-state index in [1.165, 1.54) is 25.7 Å². The van der Waals surface area contributed by atoms with Crippen LogP contribution in [-0.4, -0.2) is 28.3 Å². The van der Waals surface area contributed by atoms with Crippen molar-refractivity contribution >= 4 is 5.78 Å². The van der Waals surface area contributed by atoms with E-state index in [1.807, 2.05) is 19.2 Å². The maximum atomic E-state index is 12.2. The van der Waals surface area contributed by atoms with Crippen molar-refractivity contribution < 1.29 is 9.53 Å². The predicted octanol–water partition coefficient (Wildman–Crippen LogP) is 2.53. The Labute approximate surface area is 114 Å².